The number of carbonyl (C=O) groups is 1. The molecule has 1 saturated heterocycles. The van der Waals surface area contributed by atoms with Crippen LogP contribution in [0.4, 0.5) is 5.13 Å². The van der Waals surface area contributed by atoms with Crippen molar-refractivity contribution < 1.29 is 17.9 Å². The number of rotatable bonds is 9. The number of nitrogens with zero attached hydrogens (tertiary/aromatic N) is 4. The third-order valence-corrected chi connectivity index (χ3v) is 10.1. The number of aromatic nitrogens is 1. The van der Waals surface area contributed by atoms with E-state index in [0.717, 1.165) is 52.8 Å². The maximum atomic E-state index is 13.8. The van der Waals surface area contributed by atoms with Crippen molar-refractivity contribution in [1.82, 2.24) is 9.29 Å². The van der Waals surface area contributed by atoms with Gasteiger partial charge in [0.15, 0.2) is 0 Å². The summed E-state index contributed by atoms with van der Waals surface area (Å²) in [4.78, 5) is 18.7. The van der Waals surface area contributed by atoms with Crippen molar-refractivity contribution in [2.24, 2.45) is 5.10 Å². The first kappa shape index (κ1) is 28.9. The van der Waals surface area contributed by atoms with Crippen LogP contribution in [0.1, 0.15) is 61.0 Å². The maximum absolute atomic E-state index is 13.8. The van der Waals surface area contributed by atoms with E-state index >= 15 is 0 Å². The van der Waals surface area contributed by atoms with Crippen LogP contribution in [0.2, 0.25) is 0 Å². The first-order valence-electron chi connectivity index (χ1n) is 13.9. The molecule has 0 radical (unpaired) electrons. The molecule has 3 aromatic carbocycles. The molecular formula is C31H34N4O4S2. The molecule has 2 heterocycles. The van der Waals surface area contributed by atoms with Gasteiger partial charge in [-0.15, -0.1) is 0 Å². The molecule has 1 unspecified atom stereocenters. The summed E-state index contributed by atoms with van der Waals surface area (Å²) >= 11 is 1.37. The molecule has 1 atom stereocenters. The van der Waals surface area contributed by atoms with Gasteiger partial charge >= 0.3 is 0 Å². The zero-order valence-electron chi connectivity index (χ0n) is 23.5. The van der Waals surface area contributed by atoms with Crippen molar-refractivity contribution in [1.29, 1.82) is 0 Å². The average molecular weight is 591 g/mol. The molecule has 214 valence electrons. The Morgan fingerprint density at radius 1 is 1.10 bits per heavy atom. The molecule has 4 aromatic rings. The number of benzene rings is 3. The van der Waals surface area contributed by atoms with Crippen LogP contribution in [0, 0.1) is 6.92 Å². The molecule has 0 saturated carbocycles. The quantitative estimate of drug-likeness (QED) is 0.161. The number of amides is 1. The number of carbonyl (C=O) groups excluding carboxylic acids is 1. The number of aryl methyl sites for hydroxylation is 1. The Kier molecular flexibility index (Phi) is 8.82. The molecule has 0 aliphatic carbocycles. The number of sulfonamides is 1. The first-order valence-corrected chi connectivity index (χ1v) is 16.2. The molecule has 1 aliphatic rings. The van der Waals surface area contributed by atoms with Gasteiger partial charge in [0, 0.05) is 18.2 Å². The minimum atomic E-state index is -3.66. The molecule has 1 aliphatic heterocycles. The van der Waals surface area contributed by atoms with Crippen LogP contribution in [0.25, 0.3) is 10.2 Å². The minimum absolute atomic E-state index is 0.00478. The Morgan fingerprint density at radius 3 is 2.56 bits per heavy atom. The van der Waals surface area contributed by atoms with E-state index in [-0.39, 0.29) is 10.9 Å². The highest BCUT2D eigenvalue weighted by atomic mass is 32.2. The second kappa shape index (κ2) is 12.5. The van der Waals surface area contributed by atoms with E-state index in [9.17, 15) is 13.2 Å². The number of anilines is 1. The predicted molar refractivity (Wildman–Crippen MR) is 165 cm³/mol. The van der Waals surface area contributed by atoms with Crippen molar-refractivity contribution >= 4 is 48.8 Å². The lowest BCUT2D eigenvalue weighted by atomic mass is 10.0. The lowest BCUT2D eigenvalue weighted by Gasteiger charge is -2.34. The topological polar surface area (TPSA) is 92.2 Å². The van der Waals surface area contributed by atoms with Crippen molar-refractivity contribution in [2.75, 3.05) is 18.2 Å². The molecule has 1 fully saturated rings. The van der Waals surface area contributed by atoms with Crippen molar-refractivity contribution in [2.45, 2.75) is 57.4 Å². The normalized spacial score (nSPS) is 16.3. The Hall–Kier alpha value is -3.60. The van der Waals surface area contributed by atoms with Gasteiger partial charge in [0.2, 0.25) is 15.2 Å². The van der Waals surface area contributed by atoms with Crippen molar-refractivity contribution in [3.05, 3.63) is 83.4 Å². The summed E-state index contributed by atoms with van der Waals surface area (Å²) in [6.07, 6.45) is 5.14. The lowest BCUT2D eigenvalue weighted by Crippen LogP contribution is -2.43. The Labute approximate surface area is 245 Å². The molecule has 0 bridgehead atoms. The summed E-state index contributed by atoms with van der Waals surface area (Å²) in [6, 6.07) is 19.5. The molecule has 41 heavy (non-hydrogen) atoms. The SMILES string of the molecule is CCOc1ccc(/C=N/N(C(=O)c2ccc(S(=O)(=O)N3CCCCC3CC)cc2)c2nc3ccc(C)cc3s2)cc1. The molecule has 1 aromatic heterocycles. The average Bonchev–Trinajstić information content (AvgIpc) is 3.41. The molecule has 0 N–H and O–H groups in total. The smallest absolute Gasteiger partial charge is 0.280 e. The third-order valence-electron chi connectivity index (χ3n) is 7.17. The van der Waals surface area contributed by atoms with E-state index in [1.54, 1.807) is 22.7 Å². The van der Waals surface area contributed by atoms with Crippen LogP contribution >= 0.6 is 11.3 Å². The highest BCUT2D eigenvalue weighted by Gasteiger charge is 2.32. The molecule has 10 heteroatoms. The molecule has 1 amide bonds. The van der Waals surface area contributed by atoms with Gasteiger partial charge in [0.05, 0.1) is 27.9 Å². The second-order valence-corrected chi connectivity index (χ2v) is 12.9. The fourth-order valence-electron chi connectivity index (χ4n) is 4.97. The fourth-order valence-corrected chi connectivity index (χ4v) is 7.75. The zero-order valence-corrected chi connectivity index (χ0v) is 25.1. The Balaban J connectivity index is 1.46. The fraction of sp³-hybridized carbons (Fsp3) is 0.323. The summed E-state index contributed by atoms with van der Waals surface area (Å²) in [5.74, 6) is 0.347. The van der Waals surface area contributed by atoms with E-state index in [4.69, 9.17) is 4.74 Å². The summed E-state index contributed by atoms with van der Waals surface area (Å²) in [7, 11) is -3.66. The molecule has 8 nitrogen and oxygen atoms in total. The van der Waals surface area contributed by atoms with E-state index in [1.165, 1.54) is 28.5 Å². The number of hydrazone groups is 1. The van der Waals surface area contributed by atoms with Crippen LogP contribution in [0.3, 0.4) is 0 Å². The van der Waals surface area contributed by atoms with Gasteiger partial charge in [-0.05, 0) is 105 Å². The standard InChI is InChI=1S/C31H34N4O4S2/c1-4-25-8-6-7-19-34(25)41(37,38)27-16-12-24(13-17-27)30(36)35(31-33-28-18-9-22(3)20-29(28)40-31)32-21-23-10-14-26(15-11-23)39-5-2/h9-18,20-21,25H,4-8,19H2,1-3H3/b32-21+. The maximum Gasteiger partial charge on any atom is 0.280 e. The predicted octanol–water partition coefficient (Wildman–Crippen LogP) is 6.64. The van der Waals surface area contributed by atoms with Crippen LogP contribution in [-0.2, 0) is 10.0 Å². The van der Waals surface area contributed by atoms with Gasteiger partial charge in [-0.3, -0.25) is 4.79 Å². The van der Waals surface area contributed by atoms with Gasteiger partial charge in [0.25, 0.3) is 5.91 Å². The third kappa shape index (κ3) is 6.34. The number of fused-ring (bicyclic) bond motifs is 1. The van der Waals surface area contributed by atoms with Crippen LogP contribution in [0.5, 0.6) is 5.75 Å². The highest BCUT2D eigenvalue weighted by Crippen LogP contribution is 2.32. The molecule has 0 spiro atoms. The lowest BCUT2D eigenvalue weighted by molar-refractivity contribution is 0.0987. The Bertz CT molecular complexity index is 1650. The number of ether oxygens (including phenoxy) is 1. The van der Waals surface area contributed by atoms with Gasteiger partial charge in [-0.25, -0.2) is 13.4 Å². The van der Waals surface area contributed by atoms with Crippen LogP contribution in [0.15, 0.2) is 76.7 Å². The number of hydrogen-bond acceptors (Lipinski definition) is 7. The van der Waals surface area contributed by atoms with Crippen LogP contribution < -0.4 is 9.75 Å². The van der Waals surface area contributed by atoms with E-state index in [0.29, 0.717) is 23.8 Å². The number of piperidine rings is 1. The van der Waals surface area contributed by atoms with Gasteiger partial charge in [0.1, 0.15) is 5.75 Å². The van der Waals surface area contributed by atoms with Gasteiger partial charge in [-0.1, -0.05) is 30.7 Å². The van der Waals surface area contributed by atoms with Crippen LogP contribution in [-0.4, -0.2) is 49.0 Å². The van der Waals surface area contributed by atoms with Gasteiger partial charge < -0.3 is 4.74 Å². The second-order valence-electron chi connectivity index (χ2n) is 10.0. The van der Waals surface area contributed by atoms with Crippen molar-refractivity contribution in [3.63, 3.8) is 0 Å². The number of hydrogen-bond donors (Lipinski definition) is 0. The molecular weight excluding hydrogens is 556 g/mol. The first-order chi connectivity index (χ1) is 19.8. The Morgan fingerprint density at radius 2 is 1.85 bits per heavy atom. The number of thiazole rings is 1. The van der Waals surface area contributed by atoms with Gasteiger partial charge in [-0.2, -0.15) is 14.4 Å². The van der Waals surface area contributed by atoms with Crippen molar-refractivity contribution in [3.8, 4) is 5.75 Å². The van der Waals surface area contributed by atoms with E-state index in [1.807, 2.05) is 63.2 Å². The zero-order chi connectivity index (χ0) is 29.0. The summed E-state index contributed by atoms with van der Waals surface area (Å²) < 4.78 is 34.9. The summed E-state index contributed by atoms with van der Waals surface area (Å²) in [5.41, 5.74) is 2.97. The van der Waals surface area contributed by atoms with E-state index in [2.05, 4.69) is 10.1 Å². The summed E-state index contributed by atoms with van der Waals surface area (Å²) in [5, 5.41) is 6.24. The highest BCUT2D eigenvalue weighted by molar-refractivity contribution is 7.89. The molecule has 5 rings (SSSR count). The largest absolute Gasteiger partial charge is 0.494 e. The minimum Gasteiger partial charge on any atom is -0.494 e. The monoisotopic (exact) mass is 590 g/mol. The summed E-state index contributed by atoms with van der Waals surface area (Å²) in [6.45, 7) is 7.05. The van der Waals surface area contributed by atoms with E-state index < -0.39 is 15.9 Å².